The van der Waals surface area contributed by atoms with E-state index in [0.29, 0.717) is 10.9 Å². The summed E-state index contributed by atoms with van der Waals surface area (Å²) in [5.74, 6) is -0.338. The summed E-state index contributed by atoms with van der Waals surface area (Å²) >= 11 is 0. The number of allylic oxidation sites excluding steroid dienone is 1. The Morgan fingerprint density at radius 2 is 2.27 bits per heavy atom. The molecule has 1 aromatic carbocycles. The number of aromatic nitrogens is 2. The molecule has 0 saturated heterocycles. The molecule has 0 aliphatic rings. The summed E-state index contributed by atoms with van der Waals surface area (Å²) in [7, 11) is 0. The first-order chi connectivity index (χ1) is 7.22. The van der Waals surface area contributed by atoms with Crippen molar-refractivity contribution < 1.29 is 4.39 Å². The highest BCUT2D eigenvalue weighted by Gasteiger charge is 2.01. The van der Waals surface area contributed by atoms with Gasteiger partial charge in [0.2, 0.25) is 0 Å². The van der Waals surface area contributed by atoms with Gasteiger partial charge in [0.25, 0.3) is 0 Å². The van der Waals surface area contributed by atoms with Crippen molar-refractivity contribution >= 4 is 17.1 Å². The second-order valence-electron chi connectivity index (χ2n) is 3.10. The normalized spacial score (nSPS) is 11.3. The van der Waals surface area contributed by atoms with Crippen molar-refractivity contribution in [3.63, 3.8) is 0 Å². The smallest absolute Gasteiger partial charge is 0.268 e. The zero-order valence-electron chi connectivity index (χ0n) is 8.14. The highest BCUT2D eigenvalue weighted by molar-refractivity contribution is 5.79. The van der Waals surface area contributed by atoms with Gasteiger partial charge in [0.15, 0.2) is 0 Å². The standard InChI is InChI=1S/C11H9FN2O/c1-2-5-14-10-4-3-9(12)6-8(10)7-13-11(14)15/h2-7H,1H3. The predicted octanol–water partition coefficient (Wildman–Crippen LogP) is 2.03. The average molecular weight is 204 g/mol. The van der Waals surface area contributed by atoms with Gasteiger partial charge >= 0.3 is 5.69 Å². The van der Waals surface area contributed by atoms with E-state index in [-0.39, 0.29) is 11.5 Å². The largest absolute Gasteiger partial charge is 0.352 e. The molecule has 0 atom stereocenters. The lowest BCUT2D eigenvalue weighted by Gasteiger charge is -2.03. The van der Waals surface area contributed by atoms with Crippen molar-refractivity contribution in [3.05, 3.63) is 46.8 Å². The second kappa shape index (κ2) is 3.65. The Bertz CT molecular complexity index is 587. The lowest BCUT2D eigenvalue weighted by Crippen LogP contribution is -2.18. The maximum atomic E-state index is 12.9. The van der Waals surface area contributed by atoms with E-state index in [2.05, 4.69) is 4.98 Å². The monoisotopic (exact) mass is 204 g/mol. The Labute approximate surface area is 85.5 Å². The van der Waals surface area contributed by atoms with Crippen molar-refractivity contribution in [2.75, 3.05) is 0 Å². The fraction of sp³-hybridized carbons (Fsp3) is 0.0909. The van der Waals surface area contributed by atoms with Crippen LogP contribution in [0.5, 0.6) is 0 Å². The van der Waals surface area contributed by atoms with Gasteiger partial charge < -0.3 is 0 Å². The van der Waals surface area contributed by atoms with Gasteiger partial charge in [-0.25, -0.2) is 14.2 Å². The Morgan fingerprint density at radius 3 is 3.00 bits per heavy atom. The highest BCUT2D eigenvalue weighted by Crippen LogP contribution is 2.12. The van der Waals surface area contributed by atoms with Crippen LogP contribution >= 0.6 is 0 Å². The van der Waals surface area contributed by atoms with Crippen LogP contribution in [0.1, 0.15) is 6.92 Å². The third kappa shape index (κ3) is 1.66. The summed E-state index contributed by atoms with van der Waals surface area (Å²) in [4.78, 5) is 15.1. The molecule has 3 nitrogen and oxygen atoms in total. The number of benzene rings is 1. The zero-order chi connectivity index (χ0) is 10.8. The first kappa shape index (κ1) is 9.58. The number of halogens is 1. The number of nitrogens with zero attached hydrogens (tertiary/aromatic N) is 2. The fourth-order valence-electron chi connectivity index (χ4n) is 1.43. The van der Waals surface area contributed by atoms with Crippen LogP contribution in [0.3, 0.4) is 0 Å². The SMILES string of the molecule is CC=Cn1c(=O)ncc2cc(F)ccc21. The van der Waals surface area contributed by atoms with Gasteiger partial charge in [0.1, 0.15) is 5.82 Å². The molecule has 76 valence electrons. The van der Waals surface area contributed by atoms with Crippen molar-refractivity contribution in [2.45, 2.75) is 6.92 Å². The first-order valence-electron chi connectivity index (χ1n) is 4.52. The average Bonchev–Trinajstić information content (AvgIpc) is 2.22. The van der Waals surface area contributed by atoms with Gasteiger partial charge in [-0.3, -0.25) is 4.57 Å². The predicted molar refractivity (Wildman–Crippen MR) is 57.0 cm³/mol. The van der Waals surface area contributed by atoms with Crippen LogP contribution in [0.25, 0.3) is 17.1 Å². The van der Waals surface area contributed by atoms with Crippen LogP contribution in [-0.4, -0.2) is 9.55 Å². The second-order valence-corrected chi connectivity index (χ2v) is 3.10. The molecule has 0 fully saturated rings. The minimum absolute atomic E-state index is 0.338. The van der Waals surface area contributed by atoms with E-state index in [1.807, 2.05) is 0 Å². The quantitative estimate of drug-likeness (QED) is 0.712. The lowest BCUT2D eigenvalue weighted by atomic mass is 10.2. The summed E-state index contributed by atoms with van der Waals surface area (Å²) in [5, 5.41) is 0.604. The summed E-state index contributed by atoms with van der Waals surface area (Å²) in [6, 6.07) is 4.23. The molecule has 0 spiro atoms. The van der Waals surface area contributed by atoms with Crippen molar-refractivity contribution in [2.24, 2.45) is 0 Å². The van der Waals surface area contributed by atoms with Crippen LogP contribution in [-0.2, 0) is 0 Å². The summed E-state index contributed by atoms with van der Waals surface area (Å²) < 4.78 is 14.3. The van der Waals surface area contributed by atoms with E-state index in [4.69, 9.17) is 0 Å². The van der Waals surface area contributed by atoms with Gasteiger partial charge in [-0.2, -0.15) is 0 Å². The topological polar surface area (TPSA) is 34.9 Å². The molecule has 0 N–H and O–H groups in total. The van der Waals surface area contributed by atoms with Crippen LogP contribution in [0.15, 0.2) is 35.3 Å². The minimum atomic E-state index is -0.368. The highest BCUT2D eigenvalue weighted by atomic mass is 19.1. The van der Waals surface area contributed by atoms with Crippen molar-refractivity contribution in [1.29, 1.82) is 0 Å². The maximum absolute atomic E-state index is 12.9. The van der Waals surface area contributed by atoms with Crippen molar-refractivity contribution in [1.82, 2.24) is 9.55 Å². The third-order valence-electron chi connectivity index (χ3n) is 2.07. The minimum Gasteiger partial charge on any atom is -0.268 e. The van der Waals surface area contributed by atoms with E-state index in [1.165, 1.54) is 22.9 Å². The first-order valence-corrected chi connectivity index (χ1v) is 4.52. The van der Waals surface area contributed by atoms with E-state index >= 15 is 0 Å². The molecular weight excluding hydrogens is 195 g/mol. The van der Waals surface area contributed by atoms with Crippen LogP contribution in [0.2, 0.25) is 0 Å². The Balaban J connectivity index is 2.87. The molecule has 0 aliphatic heterocycles. The molecule has 0 aliphatic carbocycles. The number of rotatable bonds is 1. The molecule has 4 heteroatoms. The summed E-state index contributed by atoms with van der Waals surface area (Å²) in [6.45, 7) is 1.80. The Hall–Kier alpha value is -1.97. The molecule has 1 aromatic heterocycles. The van der Waals surface area contributed by atoms with Gasteiger partial charge in [0.05, 0.1) is 5.52 Å². The molecular formula is C11H9FN2O. The van der Waals surface area contributed by atoms with Crippen LogP contribution < -0.4 is 5.69 Å². The molecule has 0 amide bonds. The van der Waals surface area contributed by atoms with Gasteiger partial charge in [-0.15, -0.1) is 0 Å². The molecule has 1 heterocycles. The molecule has 15 heavy (non-hydrogen) atoms. The maximum Gasteiger partial charge on any atom is 0.352 e. The molecule has 0 radical (unpaired) electrons. The number of hydrogen-bond acceptors (Lipinski definition) is 2. The molecule has 0 bridgehead atoms. The molecule has 2 rings (SSSR count). The van der Waals surface area contributed by atoms with Gasteiger partial charge in [0, 0.05) is 17.8 Å². The molecule has 2 aromatic rings. The zero-order valence-corrected chi connectivity index (χ0v) is 8.14. The lowest BCUT2D eigenvalue weighted by molar-refractivity contribution is 0.629. The fourth-order valence-corrected chi connectivity index (χ4v) is 1.43. The van der Waals surface area contributed by atoms with Gasteiger partial charge in [-0.1, -0.05) is 6.08 Å². The molecule has 0 unspecified atom stereocenters. The van der Waals surface area contributed by atoms with Crippen molar-refractivity contribution in [3.8, 4) is 0 Å². The molecule has 0 saturated carbocycles. The summed E-state index contributed by atoms with van der Waals surface area (Å²) in [5.41, 5.74) is 0.279. The summed E-state index contributed by atoms with van der Waals surface area (Å²) in [6.07, 6.45) is 4.71. The Morgan fingerprint density at radius 1 is 1.47 bits per heavy atom. The van der Waals surface area contributed by atoms with Crippen LogP contribution in [0, 0.1) is 5.82 Å². The van der Waals surface area contributed by atoms with E-state index in [9.17, 15) is 9.18 Å². The van der Waals surface area contributed by atoms with E-state index < -0.39 is 0 Å². The van der Waals surface area contributed by atoms with Crippen LogP contribution in [0.4, 0.5) is 4.39 Å². The number of fused-ring (bicyclic) bond motifs is 1. The van der Waals surface area contributed by atoms with E-state index in [1.54, 1.807) is 25.3 Å². The van der Waals surface area contributed by atoms with E-state index in [0.717, 1.165) is 0 Å². The number of hydrogen-bond donors (Lipinski definition) is 0. The third-order valence-corrected chi connectivity index (χ3v) is 2.07. The Kier molecular flexibility index (Phi) is 2.33. The van der Waals surface area contributed by atoms with Gasteiger partial charge in [-0.05, 0) is 25.1 Å².